The third kappa shape index (κ3) is 3.59. The van der Waals surface area contributed by atoms with Gasteiger partial charge in [-0.05, 0) is 35.8 Å². The van der Waals surface area contributed by atoms with Crippen LogP contribution in [0.1, 0.15) is 29.1 Å². The standard InChI is InChI=1S/C10H14BrNO2S/c1-3-14-10(13)5-8(12)9-4-7(11)6(2)15-9/h4,8H,3,5,12H2,1-2H3/t8-/m1/s1. The summed E-state index contributed by atoms with van der Waals surface area (Å²) in [6, 6.07) is 1.70. The van der Waals surface area contributed by atoms with Gasteiger partial charge in [0.2, 0.25) is 0 Å². The fraction of sp³-hybridized carbons (Fsp3) is 0.500. The van der Waals surface area contributed by atoms with Crippen LogP contribution in [-0.2, 0) is 9.53 Å². The second kappa shape index (κ2) is 5.63. The van der Waals surface area contributed by atoms with Crippen molar-refractivity contribution in [3.05, 3.63) is 20.3 Å². The number of carbonyl (C=O) groups excluding carboxylic acids is 1. The van der Waals surface area contributed by atoms with Gasteiger partial charge in [0, 0.05) is 20.3 Å². The first kappa shape index (κ1) is 12.7. The van der Waals surface area contributed by atoms with Gasteiger partial charge in [-0.15, -0.1) is 11.3 Å². The zero-order valence-electron chi connectivity index (χ0n) is 8.75. The molecule has 1 rings (SSSR count). The van der Waals surface area contributed by atoms with Crippen molar-refractivity contribution >= 4 is 33.2 Å². The van der Waals surface area contributed by atoms with Crippen LogP contribution >= 0.6 is 27.3 Å². The van der Waals surface area contributed by atoms with Crippen molar-refractivity contribution in [1.82, 2.24) is 0 Å². The molecule has 0 unspecified atom stereocenters. The number of nitrogens with two attached hydrogens (primary N) is 1. The molecule has 0 amide bonds. The second-order valence-corrected chi connectivity index (χ2v) is 5.31. The molecular formula is C10H14BrNO2S. The Morgan fingerprint density at radius 1 is 1.73 bits per heavy atom. The molecule has 1 aromatic heterocycles. The maximum atomic E-state index is 11.2. The van der Waals surface area contributed by atoms with Gasteiger partial charge in [-0.3, -0.25) is 4.79 Å². The average Bonchev–Trinajstić information content (AvgIpc) is 2.47. The molecule has 0 bridgehead atoms. The zero-order valence-corrected chi connectivity index (χ0v) is 11.2. The highest BCUT2D eigenvalue weighted by Crippen LogP contribution is 2.30. The summed E-state index contributed by atoms with van der Waals surface area (Å²) in [5.74, 6) is -0.243. The fourth-order valence-corrected chi connectivity index (χ4v) is 2.73. The van der Waals surface area contributed by atoms with E-state index in [1.165, 1.54) is 4.88 Å². The van der Waals surface area contributed by atoms with Crippen LogP contribution in [0, 0.1) is 6.92 Å². The van der Waals surface area contributed by atoms with Crippen LogP contribution in [0.15, 0.2) is 10.5 Å². The Hall–Kier alpha value is -0.390. The van der Waals surface area contributed by atoms with E-state index in [1.54, 1.807) is 18.3 Å². The minimum Gasteiger partial charge on any atom is -0.466 e. The first-order chi connectivity index (χ1) is 7.04. The number of ether oxygens (including phenoxy) is 1. The predicted molar refractivity (Wildman–Crippen MR) is 64.9 cm³/mol. The van der Waals surface area contributed by atoms with E-state index >= 15 is 0 Å². The lowest BCUT2D eigenvalue weighted by atomic mass is 10.2. The lowest BCUT2D eigenvalue weighted by molar-refractivity contribution is -0.143. The summed E-state index contributed by atoms with van der Waals surface area (Å²) >= 11 is 5.02. The maximum Gasteiger partial charge on any atom is 0.307 e. The Morgan fingerprint density at radius 3 is 2.87 bits per heavy atom. The molecule has 5 heteroatoms. The summed E-state index contributed by atoms with van der Waals surface area (Å²) in [6.07, 6.45) is 0.236. The molecule has 1 atom stereocenters. The van der Waals surface area contributed by atoms with E-state index in [0.29, 0.717) is 6.61 Å². The lowest BCUT2D eigenvalue weighted by Gasteiger charge is -2.08. The highest BCUT2D eigenvalue weighted by Gasteiger charge is 2.15. The van der Waals surface area contributed by atoms with E-state index in [9.17, 15) is 4.79 Å². The minimum atomic E-state index is -0.265. The summed E-state index contributed by atoms with van der Waals surface area (Å²) in [4.78, 5) is 13.4. The van der Waals surface area contributed by atoms with Gasteiger partial charge in [0.05, 0.1) is 13.0 Å². The molecule has 84 valence electrons. The van der Waals surface area contributed by atoms with Gasteiger partial charge in [-0.2, -0.15) is 0 Å². The normalized spacial score (nSPS) is 12.5. The number of rotatable bonds is 4. The second-order valence-electron chi connectivity index (χ2n) is 3.17. The summed E-state index contributed by atoms with van der Waals surface area (Å²) in [7, 11) is 0. The molecule has 3 nitrogen and oxygen atoms in total. The van der Waals surface area contributed by atoms with Crippen LogP contribution in [0.3, 0.4) is 0 Å². The van der Waals surface area contributed by atoms with Crippen LogP contribution in [0.4, 0.5) is 0 Å². The number of esters is 1. The molecule has 2 N–H and O–H groups in total. The molecule has 0 aromatic carbocycles. The largest absolute Gasteiger partial charge is 0.466 e. The van der Waals surface area contributed by atoms with E-state index in [0.717, 1.165) is 9.35 Å². The summed E-state index contributed by atoms with van der Waals surface area (Å²) < 4.78 is 5.89. The number of thiophene rings is 1. The van der Waals surface area contributed by atoms with Gasteiger partial charge in [0.25, 0.3) is 0 Å². The Kier molecular flexibility index (Phi) is 4.76. The van der Waals surface area contributed by atoms with E-state index in [-0.39, 0.29) is 18.4 Å². The predicted octanol–water partition coefficient (Wildman–Crippen LogP) is 2.77. The minimum absolute atomic E-state index is 0.236. The monoisotopic (exact) mass is 291 g/mol. The maximum absolute atomic E-state index is 11.2. The molecule has 15 heavy (non-hydrogen) atoms. The Balaban J connectivity index is 2.60. The van der Waals surface area contributed by atoms with Crippen LogP contribution in [-0.4, -0.2) is 12.6 Å². The van der Waals surface area contributed by atoms with Crippen LogP contribution in [0.2, 0.25) is 0 Å². The van der Waals surface area contributed by atoms with Crippen LogP contribution < -0.4 is 5.73 Å². The molecule has 0 fully saturated rings. The Morgan fingerprint density at radius 2 is 2.40 bits per heavy atom. The SMILES string of the molecule is CCOC(=O)C[C@@H](N)c1cc(Br)c(C)s1. The third-order valence-corrected chi connectivity index (χ3v) is 4.20. The topological polar surface area (TPSA) is 52.3 Å². The van der Waals surface area contributed by atoms with Crippen molar-refractivity contribution in [2.24, 2.45) is 5.73 Å². The van der Waals surface area contributed by atoms with Crippen LogP contribution in [0.5, 0.6) is 0 Å². The number of hydrogen-bond donors (Lipinski definition) is 1. The van der Waals surface area contributed by atoms with Crippen molar-refractivity contribution in [2.75, 3.05) is 6.61 Å². The van der Waals surface area contributed by atoms with Gasteiger partial charge in [-0.1, -0.05) is 0 Å². The van der Waals surface area contributed by atoms with Crippen molar-refractivity contribution in [2.45, 2.75) is 26.3 Å². The van der Waals surface area contributed by atoms with E-state index < -0.39 is 0 Å². The van der Waals surface area contributed by atoms with Crippen LogP contribution in [0.25, 0.3) is 0 Å². The highest BCUT2D eigenvalue weighted by molar-refractivity contribution is 9.10. The van der Waals surface area contributed by atoms with E-state index in [1.807, 2.05) is 13.0 Å². The molecular weight excluding hydrogens is 278 g/mol. The fourth-order valence-electron chi connectivity index (χ4n) is 1.16. The number of halogens is 1. The van der Waals surface area contributed by atoms with Gasteiger partial charge >= 0.3 is 5.97 Å². The smallest absolute Gasteiger partial charge is 0.307 e. The van der Waals surface area contributed by atoms with Crippen molar-refractivity contribution in [3.8, 4) is 0 Å². The number of hydrogen-bond acceptors (Lipinski definition) is 4. The molecule has 0 radical (unpaired) electrons. The molecule has 1 heterocycles. The van der Waals surface area contributed by atoms with Crippen molar-refractivity contribution < 1.29 is 9.53 Å². The highest BCUT2D eigenvalue weighted by atomic mass is 79.9. The summed E-state index contributed by atoms with van der Waals surface area (Å²) in [6.45, 7) is 4.20. The molecule has 0 aliphatic heterocycles. The molecule has 0 aliphatic carbocycles. The first-order valence-electron chi connectivity index (χ1n) is 4.71. The quantitative estimate of drug-likeness (QED) is 0.868. The lowest BCUT2D eigenvalue weighted by Crippen LogP contribution is -2.16. The van der Waals surface area contributed by atoms with Gasteiger partial charge in [0.1, 0.15) is 0 Å². The molecule has 0 aliphatic rings. The summed E-state index contributed by atoms with van der Waals surface area (Å²) in [5.41, 5.74) is 5.90. The number of carbonyl (C=O) groups is 1. The Labute approximate surface area is 102 Å². The molecule has 0 saturated heterocycles. The average molecular weight is 292 g/mol. The molecule has 0 spiro atoms. The van der Waals surface area contributed by atoms with Gasteiger partial charge in [-0.25, -0.2) is 0 Å². The third-order valence-electron chi connectivity index (χ3n) is 1.93. The zero-order chi connectivity index (χ0) is 11.4. The molecule has 1 aromatic rings. The van der Waals surface area contributed by atoms with Gasteiger partial charge < -0.3 is 10.5 Å². The van der Waals surface area contributed by atoms with Crippen molar-refractivity contribution in [1.29, 1.82) is 0 Å². The number of aryl methyl sites for hydroxylation is 1. The van der Waals surface area contributed by atoms with Crippen molar-refractivity contribution in [3.63, 3.8) is 0 Å². The molecule has 0 saturated carbocycles. The summed E-state index contributed by atoms with van der Waals surface area (Å²) in [5, 5.41) is 0. The van der Waals surface area contributed by atoms with Gasteiger partial charge in [0.15, 0.2) is 0 Å². The Bertz CT molecular complexity index is 332. The van der Waals surface area contributed by atoms with E-state index in [4.69, 9.17) is 10.5 Å². The van der Waals surface area contributed by atoms with E-state index in [2.05, 4.69) is 15.9 Å². The first-order valence-corrected chi connectivity index (χ1v) is 6.32.